The molecule has 46 heavy (non-hydrogen) atoms. The Labute approximate surface area is 283 Å². The first-order valence-corrected chi connectivity index (χ1v) is 19.8. The topological polar surface area (TPSA) is 108 Å². The smallest absolute Gasteiger partial charge is 0.268 e. The van der Waals surface area contributed by atoms with Crippen LogP contribution < -0.4 is 10.2 Å². The van der Waals surface area contributed by atoms with Crippen LogP contribution in [0.15, 0.2) is 36.5 Å². The molecule has 9 heteroatoms. The first-order valence-electron chi connectivity index (χ1n) is 18.4. The zero-order chi connectivity index (χ0) is 34.4. The average Bonchev–Trinajstić information content (AvgIpc) is 2.99. The molecular weight excluding hydrogens is 599 g/mol. The number of nitrogens with zero attached hydrogens (tertiary/aromatic N) is 1. The Morgan fingerprint density at radius 2 is 1.26 bits per heavy atom. The van der Waals surface area contributed by atoms with Gasteiger partial charge < -0.3 is 28.8 Å². The van der Waals surface area contributed by atoms with Crippen molar-refractivity contribution in [1.82, 2.24) is 5.32 Å². The molecule has 0 aromatic heterocycles. The van der Waals surface area contributed by atoms with E-state index in [1.165, 1.54) is 57.8 Å². The second kappa shape index (κ2) is 29.8. The third-order valence-corrected chi connectivity index (χ3v) is 8.81. The van der Waals surface area contributed by atoms with E-state index in [2.05, 4.69) is 43.5 Å². The number of unbranched alkanes of at least 4 members (excludes halogenated alkanes) is 15. The summed E-state index contributed by atoms with van der Waals surface area (Å²) in [5.74, 6) is -0.214. The molecule has 0 aromatic rings. The number of nitrogens with one attached hydrogen (secondary N) is 1. The van der Waals surface area contributed by atoms with E-state index in [1.54, 1.807) is 6.08 Å². The molecule has 0 fully saturated rings. The van der Waals surface area contributed by atoms with Crippen LogP contribution in [0, 0.1) is 0 Å². The number of allylic oxidation sites excluding steroid dienone is 5. The molecule has 0 aromatic carbocycles. The van der Waals surface area contributed by atoms with E-state index in [9.17, 15) is 19.4 Å². The minimum Gasteiger partial charge on any atom is -0.756 e. The van der Waals surface area contributed by atoms with Crippen LogP contribution in [0.3, 0.4) is 0 Å². The van der Waals surface area contributed by atoms with E-state index in [-0.39, 0.29) is 19.1 Å². The van der Waals surface area contributed by atoms with E-state index in [0.29, 0.717) is 17.4 Å². The molecular formula is C37H71N2O6P. The molecule has 2 N–H and O–H groups in total. The van der Waals surface area contributed by atoms with Crippen molar-refractivity contribution in [2.75, 3.05) is 40.9 Å². The van der Waals surface area contributed by atoms with Crippen molar-refractivity contribution < 1.29 is 32.9 Å². The quantitative estimate of drug-likeness (QED) is 0.0321. The number of phosphoric ester groups is 1. The maximum absolute atomic E-state index is 12.7. The number of rotatable bonds is 32. The van der Waals surface area contributed by atoms with Gasteiger partial charge in [0.05, 0.1) is 39.9 Å². The van der Waals surface area contributed by atoms with Crippen LogP contribution in [-0.2, 0) is 18.4 Å². The third kappa shape index (κ3) is 31.3. The molecule has 0 aliphatic heterocycles. The molecule has 0 rings (SSSR count). The van der Waals surface area contributed by atoms with Gasteiger partial charge in [0.2, 0.25) is 5.91 Å². The van der Waals surface area contributed by atoms with Crippen LogP contribution in [0.5, 0.6) is 0 Å². The summed E-state index contributed by atoms with van der Waals surface area (Å²) in [5, 5.41) is 13.5. The Bertz CT molecular complexity index is 855. The number of amides is 1. The van der Waals surface area contributed by atoms with Gasteiger partial charge in [0.25, 0.3) is 7.82 Å². The second-order valence-electron chi connectivity index (χ2n) is 13.6. The molecule has 0 heterocycles. The number of carbonyl (C=O) groups excluding carboxylic acids is 1. The van der Waals surface area contributed by atoms with Gasteiger partial charge in [-0.1, -0.05) is 121 Å². The van der Waals surface area contributed by atoms with Gasteiger partial charge in [-0.15, -0.1) is 0 Å². The van der Waals surface area contributed by atoms with E-state index >= 15 is 0 Å². The summed E-state index contributed by atoms with van der Waals surface area (Å²) in [5.41, 5.74) is 0. The monoisotopic (exact) mass is 671 g/mol. The van der Waals surface area contributed by atoms with E-state index < -0.39 is 20.0 Å². The highest BCUT2D eigenvalue weighted by Crippen LogP contribution is 2.38. The highest BCUT2D eigenvalue weighted by atomic mass is 31.2. The van der Waals surface area contributed by atoms with Gasteiger partial charge in [0.15, 0.2) is 0 Å². The maximum atomic E-state index is 12.7. The number of quaternary nitrogens is 1. The van der Waals surface area contributed by atoms with Crippen molar-refractivity contribution >= 4 is 13.7 Å². The fraction of sp³-hybridized carbons (Fsp3) is 0.811. The summed E-state index contributed by atoms with van der Waals surface area (Å²) >= 11 is 0. The van der Waals surface area contributed by atoms with Gasteiger partial charge in [-0.25, -0.2) is 0 Å². The Morgan fingerprint density at radius 3 is 1.80 bits per heavy atom. The first-order chi connectivity index (χ1) is 22.0. The van der Waals surface area contributed by atoms with Gasteiger partial charge in [0, 0.05) is 6.42 Å². The van der Waals surface area contributed by atoms with Crippen molar-refractivity contribution in [3.63, 3.8) is 0 Å². The minimum atomic E-state index is -4.57. The standard InChI is InChI=1S/C37H71N2O6P/c1-6-8-10-12-14-15-16-17-18-19-20-21-22-23-24-25-27-29-31-37(41)38-35(36(40)30-28-26-13-11-9-7-2)34-45-46(42,43)44-33-32-39(3,4)5/h15-16,18-19,28,30,35-36,40H,6-14,17,20-27,29,31-34H2,1-5H3,(H-,38,41,42,43)/b16-15-,19-18-,30-28+. The maximum Gasteiger partial charge on any atom is 0.268 e. The van der Waals surface area contributed by atoms with Crippen LogP contribution in [0.1, 0.15) is 142 Å². The van der Waals surface area contributed by atoms with Gasteiger partial charge >= 0.3 is 0 Å². The van der Waals surface area contributed by atoms with Crippen molar-refractivity contribution in [3.05, 3.63) is 36.5 Å². The largest absolute Gasteiger partial charge is 0.756 e. The molecule has 0 saturated carbocycles. The first kappa shape index (κ1) is 44.7. The normalized spacial score (nSPS) is 15.2. The van der Waals surface area contributed by atoms with Gasteiger partial charge in [-0.05, 0) is 51.4 Å². The van der Waals surface area contributed by atoms with Crippen LogP contribution in [0.25, 0.3) is 0 Å². The molecule has 0 aliphatic carbocycles. The molecule has 0 bridgehead atoms. The van der Waals surface area contributed by atoms with Gasteiger partial charge in [0.1, 0.15) is 13.2 Å². The molecule has 0 spiro atoms. The number of hydrogen-bond acceptors (Lipinski definition) is 6. The average molecular weight is 671 g/mol. The number of likely N-dealkylation sites (N-methyl/N-ethyl adjacent to an activating group) is 1. The molecule has 1 amide bonds. The number of aliphatic hydroxyl groups is 1. The van der Waals surface area contributed by atoms with Crippen molar-refractivity contribution in [3.8, 4) is 0 Å². The lowest BCUT2D eigenvalue weighted by Gasteiger charge is -2.29. The van der Waals surface area contributed by atoms with Gasteiger partial charge in [-0.2, -0.15) is 0 Å². The van der Waals surface area contributed by atoms with Crippen molar-refractivity contribution in [1.29, 1.82) is 0 Å². The molecule has 8 nitrogen and oxygen atoms in total. The molecule has 0 saturated heterocycles. The van der Waals surface area contributed by atoms with Crippen molar-refractivity contribution in [2.24, 2.45) is 0 Å². The van der Waals surface area contributed by atoms with E-state index in [0.717, 1.165) is 64.2 Å². The second-order valence-corrected chi connectivity index (χ2v) is 15.0. The Balaban J connectivity index is 4.35. The molecule has 0 aliphatic rings. The minimum absolute atomic E-state index is 0.00422. The number of carbonyl (C=O) groups is 1. The highest BCUT2D eigenvalue weighted by Gasteiger charge is 2.23. The predicted molar refractivity (Wildman–Crippen MR) is 191 cm³/mol. The molecule has 270 valence electrons. The Morgan fingerprint density at radius 1 is 0.761 bits per heavy atom. The fourth-order valence-electron chi connectivity index (χ4n) is 4.83. The fourth-order valence-corrected chi connectivity index (χ4v) is 5.55. The lowest BCUT2D eigenvalue weighted by Crippen LogP contribution is -2.45. The van der Waals surface area contributed by atoms with Crippen LogP contribution >= 0.6 is 7.82 Å². The molecule has 0 radical (unpaired) electrons. The van der Waals surface area contributed by atoms with Gasteiger partial charge in [-0.3, -0.25) is 9.36 Å². The number of aliphatic hydroxyl groups excluding tert-OH is 1. The summed E-state index contributed by atoms with van der Waals surface area (Å²) in [6.45, 7) is 4.51. The van der Waals surface area contributed by atoms with Crippen LogP contribution in [-0.4, -0.2) is 68.5 Å². The highest BCUT2D eigenvalue weighted by molar-refractivity contribution is 7.45. The number of phosphoric acid groups is 1. The predicted octanol–water partition coefficient (Wildman–Crippen LogP) is 8.55. The third-order valence-electron chi connectivity index (χ3n) is 7.84. The summed E-state index contributed by atoms with van der Waals surface area (Å²) < 4.78 is 22.9. The van der Waals surface area contributed by atoms with E-state index in [4.69, 9.17) is 9.05 Å². The molecule has 3 unspecified atom stereocenters. The summed E-state index contributed by atoms with van der Waals surface area (Å²) in [4.78, 5) is 25.0. The van der Waals surface area contributed by atoms with Crippen molar-refractivity contribution in [2.45, 2.75) is 154 Å². The Kier molecular flexibility index (Phi) is 29.0. The lowest BCUT2D eigenvalue weighted by molar-refractivity contribution is -0.870. The van der Waals surface area contributed by atoms with Crippen LogP contribution in [0.2, 0.25) is 0 Å². The van der Waals surface area contributed by atoms with E-state index in [1.807, 2.05) is 27.2 Å². The molecule has 3 atom stereocenters. The zero-order valence-corrected chi connectivity index (χ0v) is 31.2. The van der Waals surface area contributed by atoms with Crippen LogP contribution in [0.4, 0.5) is 0 Å². The number of hydrogen-bond donors (Lipinski definition) is 2. The summed E-state index contributed by atoms with van der Waals surface area (Å²) in [6.07, 6.45) is 33.5. The lowest BCUT2D eigenvalue weighted by atomic mass is 10.1. The SMILES string of the molecule is CCCCCC/C=C\C/C=C\CCCCCCCCCC(=O)NC(COP(=O)([O-])OCC[N+](C)(C)C)C(O)/C=C/CCCCCC. The zero-order valence-electron chi connectivity index (χ0n) is 30.3. The summed E-state index contributed by atoms with van der Waals surface area (Å²) in [6, 6.07) is -0.885. The summed E-state index contributed by atoms with van der Waals surface area (Å²) in [7, 11) is 1.24. The Hall–Kier alpha value is -1.28.